The summed E-state index contributed by atoms with van der Waals surface area (Å²) in [5.41, 5.74) is 0.716. The lowest BCUT2D eigenvalue weighted by atomic mass is 9.91. The second-order valence-electron chi connectivity index (χ2n) is 6.45. The molecule has 4 nitrogen and oxygen atoms in total. The van der Waals surface area contributed by atoms with E-state index in [1.807, 2.05) is 0 Å². The molecule has 1 amide bonds. The van der Waals surface area contributed by atoms with E-state index in [2.05, 4.69) is 17.6 Å². The van der Waals surface area contributed by atoms with Gasteiger partial charge in [-0.3, -0.25) is 4.79 Å². The van der Waals surface area contributed by atoms with E-state index in [0.29, 0.717) is 18.2 Å². The highest BCUT2D eigenvalue weighted by Crippen LogP contribution is 2.31. The average molecular weight is 341 g/mol. The van der Waals surface area contributed by atoms with Crippen LogP contribution in [0.5, 0.6) is 0 Å². The van der Waals surface area contributed by atoms with Crippen LogP contribution in [0.4, 0.5) is 4.39 Å². The Labute approximate surface area is 140 Å². The van der Waals surface area contributed by atoms with E-state index in [1.54, 1.807) is 6.07 Å². The van der Waals surface area contributed by atoms with E-state index in [-0.39, 0.29) is 29.0 Å². The Morgan fingerprint density at radius 1 is 1.43 bits per heavy atom. The molecule has 126 valence electrons. The minimum absolute atomic E-state index is 0.0365. The molecule has 4 atom stereocenters. The van der Waals surface area contributed by atoms with E-state index in [4.69, 9.17) is 16.3 Å². The zero-order valence-corrected chi connectivity index (χ0v) is 13.9. The zero-order chi connectivity index (χ0) is 16.4. The van der Waals surface area contributed by atoms with Crippen molar-refractivity contribution in [2.45, 2.75) is 44.4 Å². The Bertz CT molecular complexity index is 584. The number of nitrogens with one attached hydrogen (secondary N) is 2. The van der Waals surface area contributed by atoms with Gasteiger partial charge in [0.2, 0.25) is 5.91 Å². The van der Waals surface area contributed by atoms with E-state index < -0.39 is 5.82 Å². The van der Waals surface area contributed by atoms with Crippen molar-refractivity contribution in [1.82, 2.24) is 10.6 Å². The normalized spacial score (nSPS) is 31.1. The molecule has 0 radical (unpaired) electrons. The second kappa shape index (κ2) is 7.16. The van der Waals surface area contributed by atoms with Gasteiger partial charge in [-0.2, -0.15) is 0 Å². The fraction of sp³-hybridized carbons (Fsp3) is 0.588. The smallest absolute Gasteiger partial charge is 0.223 e. The minimum Gasteiger partial charge on any atom is -0.371 e. The van der Waals surface area contributed by atoms with Gasteiger partial charge in [0, 0.05) is 18.6 Å². The van der Waals surface area contributed by atoms with Crippen molar-refractivity contribution in [3.05, 3.63) is 34.6 Å². The first-order valence-corrected chi connectivity index (χ1v) is 8.52. The Kier molecular flexibility index (Phi) is 5.19. The van der Waals surface area contributed by atoms with Crippen LogP contribution in [0, 0.1) is 11.7 Å². The Balaban J connectivity index is 1.66. The van der Waals surface area contributed by atoms with Crippen molar-refractivity contribution in [3.63, 3.8) is 0 Å². The highest BCUT2D eigenvalue weighted by atomic mass is 35.5. The van der Waals surface area contributed by atoms with Crippen molar-refractivity contribution < 1.29 is 13.9 Å². The van der Waals surface area contributed by atoms with E-state index >= 15 is 0 Å². The van der Waals surface area contributed by atoms with E-state index in [0.717, 1.165) is 25.8 Å². The molecule has 1 aromatic rings. The summed E-state index contributed by atoms with van der Waals surface area (Å²) in [6.45, 7) is 3.52. The number of carbonyl (C=O) groups is 1. The van der Waals surface area contributed by atoms with Crippen LogP contribution < -0.4 is 10.6 Å². The molecule has 2 saturated heterocycles. The summed E-state index contributed by atoms with van der Waals surface area (Å²) < 4.78 is 19.4. The van der Waals surface area contributed by atoms with Gasteiger partial charge in [0.15, 0.2) is 0 Å². The van der Waals surface area contributed by atoms with Crippen LogP contribution in [-0.2, 0) is 9.53 Å². The van der Waals surface area contributed by atoms with Crippen molar-refractivity contribution >= 4 is 17.5 Å². The predicted molar refractivity (Wildman–Crippen MR) is 86.8 cm³/mol. The topological polar surface area (TPSA) is 50.4 Å². The van der Waals surface area contributed by atoms with Crippen molar-refractivity contribution in [2.24, 2.45) is 5.92 Å². The highest BCUT2D eigenvalue weighted by Gasteiger charge is 2.34. The summed E-state index contributed by atoms with van der Waals surface area (Å²) in [7, 11) is 0. The molecular weight excluding hydrogens is 319 g/mol. The fourth-order valence-corrected chi connectivity index (χ4v) is 3.54. The first-order valence-electron chi connectivity index (χ1n) is 8.15. The quantitative estimate of drug-likeness (QED) is 0.889. The maximum absolute atomic E-state index is 13.7. The highest BCUT2D eigenvalue weighted by molar-refractivity contribution is 6.30. The molecular formula is C17H22ClFN2O2. The predicted octanol–water partition coefficient (Wildman–Crippen LogP) is 2.81. The summed E-state index contributed by atoms with van der Waals surface area (Å²) in [4.78, 5) is 12.5. The number of carbonyl (C=O) groups excluding carboxylic acids is 1. The van der Waals surface area contributed by atoms with Gasteiger partial charge < -0.3 is 15.4 Å². The van der Waals surface area contributed by atoms with Crippen LogP contribution in [0.25, 0.3) is 0 Å². The lowest BCUT2D eigenvalue weighted by Gasteiger charge is -2.29. The molecule has 0 spiro atoms. The van der Waals surface area contributed by atoms with Crippen molar-refractivity contribution in [3.8, 4) is 0 Å². The van der Waals surface area contributed by atoms with Gasteiger partial charge in [0.1, 0.15) is 11.9 Å². The molecule has 1 aromatic carbocycles. The molecule has 2 fully saturated rings. The number of halogens is 2. The van der Waals surface area contributed by atoms with Gasteiger partial charge in [-0.25, -0.2) is 4.39 Å². The molecule has 2 N–H and O–H groups in total. The Hall–Kier alpha value is -1.17. The van der Waals surface area contributed by atoms with Gasteiger partial charge in [-0.15, -0.1) is 0 Å². The average Bonchev–Trinajstić information content (AvgIpc) is 2.98. The van der Waals surface area contributed by atoms with Crippen LogP contribution in [-0.4, -0.2) is 31.1 Å². The molecule has 2 aliphatic heterocycles. The molecule has 2 unspecified atom stereocenters. The minimum atomic E-state index is -0.461. The molecule has 0 bridgehead atoms. The number of piperidine rings is 1. The van der Waals surface area contributed by atoms with Crippen molar-refractivity contribution in [2.75, 3.05) is 13.2 Å². The van der Waals surface area contributed by atoms with Crippen LogP contribution in [0.1, 0.15) is 37.9 Å². The molecule has 2 heterocycles. The summed E-state index contributed by atoms with van der Waals surface area (Å²) >= 11 is 5.73. The number of hydrogen-bond acceptors (Lipinski definition) is 3. The number of benzene rings is 1. The molecule has 6 heteroatoms. The SMILES string of the molecule is C[C@H]1C[C@@H](C(=O)NC2CCOC2c2ccc(Cl)c(F)c2)CCN1. The summed E-state index contributed by atoms with van der Waals surface area (Å²) in [6.07, 6.45) is 2.12. The Morgan fingerprint density at radius 2 is 2.26 bits per heavy atom. The number of hydrogen-bond donors (Lipinski definition) is 2. The number of rotatable bonds is 3. The lowest BCUT2D eigenvalue weighted by Crippen LogP contribution is -2.46. The van der Waals surface area contributed by atoms with Crippen LogP contribution in [0.3, 0.4) is 0 Å². The van der Waals surface area contributed by atoms with Gasteiger partial charge in [-0.05, 0) is 50.4 Å². The van der Waals surface area contributed by atoms with Gasteiger partial charge in [0.25, 0.3) is 0 Å². The third kappa shape index (κ3) is 3.84. The van der Waals surface area contributed by atoms with Gasteiger partial charge in [-0.1, -0.05) is 17.7 Å². The van der Waals surface area contributed by atoms with Crippen LogP contribution >= 0.6 is 11.6 Å². The maximum atomic E-state index is 13.7. The first kappa shape index (κ1) is 16.7. The van der Waals surface area contributed by atoms with Crippen LogP contribution in [0.2, 0.25) is 5.02 Å². The molecule has 0 saturated carbocycles. The summed E-state index contributed by atoms with van der Waals surface area (Å²) in [5.74, 6) is -0.348. The molecule has 3 rings (SSSR count). The summed E-state index contributed by atoms with van der Waals surface area (Å²) in [6, 6.07) is 4.92. The molecule has 0 aromatic heterocycles. The van der Waals surface area contributed by atoms with Crippen LogP contribution in [0.15, 0.2) is 18.2 Å². The fourth-order valence-electron chi connectivity index (χ4n) is 3.43. The zero-order valence-electron chi connectivity index (χ0n) is 13.1. The molecule has 23 heavy (non-hydrogen) atoms. The second-order valence-corrected chi connectivity index (χ2v) is 6.85. The first-order chi connectivity index (χ1) is 11.0. The third-order valence-corrected chi connectivity index (χ3v) is 4.99. The largest absolute Gasteiger partial charge is 0.371 e. The molecule has 2 aliphatic rings. The standard InChI is InChI=1S/C17H22ClFN2O2/c1-10-8-12(4-6-20-10)17(22)21-15-5-7-23-16(15)11-2-3-13(18)14(19)9-11/h2-3,9-10,12,15-16,20H,4-8H2,1H3,(H,21,22)/t10-,12-,15?,16?/m0/s1. The Morgan fingerprint density at radius 3 is 3.00 bits per heavy atom. The van der Waals surface area contributed by atoms with Gasteiger partial charge in [0.05, 0.1) is 11.1 Å². The third-order valence-electron chi connectivity index (χ3n) is 4.69. The number of amides is 1. The number of ether oxygens (including phenoxy) is 1. The van der Waals surface area contributed by atoms with Crippen molar-refractivity contribution in [1.29, 1.82) is 0 Å². The molecule has 0 aliphatic carbocycles. The van der Waals surface area contributed by atoms with Gasteiger partial charge >= 0.3 is 0 Å². The van der Waals surface area contributed by atoms with E-state index in [1.165, 1.54) is 12.1 Å². The summed E-state index contributed by atoms with van der Waals surface area (Å²) in [5, 5.41) is 6.55. The lowest BCUT2D eigenvalue weighted by molar-refractivity contribution is -0.127. The monoisotopic (exact) mass is 340 g/mol. The van der Waals surface area contributed by atoms with E-state index in [9.17, 15) is 9.18 Å². The maximum Gasteiger partial charge on any atom is 0.223 e.